The normalized spacial score (nSPS) is 13.7. The van der Waals surface area contributed by atoms with Crippen molar-refractivity contribution in [3.05, 3.63) is 22.3 Å². The number of hydrogen-bond donors (Lipinski definition) is 0. The van der Waals surface area contributed by atoms with E-state index in [9.17, 15) is 4.79 Å². The Kier molecular flexibility index (Phi) is 5.40. The number of carbonyl (C=O) groups is 1. The number of cyclic esters (lactones) is 1. The second-order valence-electron chi connectivity index (χ2n) is 7.30. The summed E-state index contributed by atoms with van der Waals surface area (Å²) in [6.45, 7) is 12.0. The zero-order chi connectivity index (χ0) is 17.2. The van der Waals surface area contributed by atoms with E-state index in [1.165, 1.54) is 0 Å². The third-order valence-electron chi connectivity index (χ3n) is 4.22. The molecule has 0 N–H and O–H groups in total. The van der Waals surface area contributed by atoms with Crippen molar-refractivity contribution in [2.45, 2.75) is 59.0 Å². The molecule has 4 nitrogen and oxygen atoms in total. The van der Waals surface area contributed by atoms with Gasteiger partial charge in [-0.3, -0.25) is 0 Å². The molecule has 1 aliphatic heterocycles. The van der Waals surface area contributed by atoms with Crippen LogP contribution in [0, 0.1) is 6.92 Å². The van der Waals surface area contributed by atoms with Crippen molar-refractivity contribution in [2.75, 3.05) is 13.7 Å². The molecular weight excluding hydrogens is 308 g/mol. The smallest absolute Gasteiger partial charge is 0.342 e. The van der Waals surface area contributed by atoms with Crippen molar-refractivity contribution in [3.8, 4) is 11.5 Å². The van der Waals surface area contributed by atoms with E-state index in [1.807, 2.05) is 6.92 Å². The largest absolute Gasteiger partial charge is 0.496 e. The van der Waals surface area contributed by atoms with Gasteiger partial charge in [-0.2, -0.15) is 0 Å². The molecule has 0 fully saturated rings. The highest BCUT2D eigenvalue weighted by Gasteiger charge is 2.33. The molecule has 0 atom stereocenters. The molecule has 1 aromatic rings. The van der Waals surface area contributed by atoms with Crippen LogP contribution in [0.5, 0.6) is 11.5 Å². The lowest BCUT2D eigenvalue weighted by Crippen LogP contribution is -2.23. The number of carbonyl (C=O) groups excluding carboxylic acids is 1. The van der Waals surface area contributed by atoms with Crippen LogP contribution in [-0.2, 0) is 17.8 Å². The fourth-order valence-corrected chi connectivity index (χ4v) is 3.63. The molecule has 1 aromatic carbocycles. The molecule has 0 amide bonds. The Balaban J connectivity index is 2.48. The van der Waals surface area contributed by atoms with Crippen LogP contribution in [0.2, 0.25) is 25.7 Å². The van der Waals surface area contributed by atoms with Crippen LogP contribution in [0.15, 0.2) is 0 Å². The van der Waals surface area contributed by atoms with Crippen LogP contribution >= 0.6 is 0 Å². The van der Waals surface area contributed by atoms with Crippen molar-refractivity contribution in [1.29, 1.82) is 0 Å². The van der Waals surface area contributed by atoms with Gasteiger partial charge in [0.05, 0.1) is 13.7 Å². The SMILES string of the molecule is CCCc1c(OC)c(C)c2c(c1OCC[Si](C)(C)C)C(=O)OC2. The van der Waals surface area contributed by atoms with Crippen LogP contribution in [-0.4, -0.2) is 27.8 Å². The summed E-state index contributed by atoms with van der Waals surface area (Å²) in [4.78, 5) is 12.2. The number of methoxy groups -OCH3 is 1. The maximum absolute atomic E-state index is 12.2. The first-order chi connectivity index (χ1) is 10.8. The van der Waals surface area contributed by atoms with E-state index in [2.05, 4.69) is 26.6 Å². The maximum Gasteiger partial charge on any atom is 0.342 e. The number of esters is 1. The summed E-state index contributed by atoms with van der Waals surface area (Å²) in [6.07, 6.45) is 1.79. The second kappa shape index (κ2) is 6.95. The fourth-order valence-electron chi connectivity index (χ4n) is 2.92. The standard InChI is InChI=1S/C18H28O4Si/c1-7-8-13-16(20-3)12(2)14-11-22-18(19)15(14)17(13)21-9-10-23(4,5)6/h7-11H2,1-6H3. The third kappa shape index (κ3) is 3.71. The molecule has 0 spiro atoms. The molecule has 0 unspecified atom stereocenters. The van der Waals surface area contributed by atoms with Gasteiger partial charge in [0, 0.05) is 19.2 Å². The van der Waals surface area contributed by atoms with Crippen LogP contribution in [0.4, 0.5) is 0 Å². The zero-order valence-corrected chi connectivity index (χ0v) is 16.2. The van der Waals surface area contributed by atoms with Crippen LogP contribution < -0.4 is 9.47 Å². The lowest BCUT2D eigenvalue weighted by Gasteiger charge is -2.21. The summed E-state index contributed by atoms with van der Waals surface area (Å²) < 4.78 is 17.0. The zero-order valence-electron chi connectivity index (χ0n) is 15.2. The van der Waals surface area contributed by atoms with Crippen molar-refractivity contribution in [3.63, 3.8) is 0 Å². The number of hydrogen-bond acceptors (Lipinski definition) is 4. The molecule has 5 heteroatoms. The van der Waals surface area contributed by atoms with Gasteiger partial charge >= 0.3 is 5.97 Å². The van der Waals surface area contributed by atoms with Gasteiger partial charge in [0.1, 0.15) is 23.7 Å². The highest BCUT2D eigenvalue weighted by Crippen LogP contribution is 2.43. The molecule has 0 saturated heterocycles. The topological polar surface area (TPSA) is 44.8 Å². The summed E-state index contributed by atoms with van der Waals surface area (Å²) in [7, 11) is 0.483. The van der Waals surface area contributed by atoms with E-state index < -0.39 is 8.07 Å². The van der Waals surface area contributed by atoms with Gasteiger partial charge in [-0.25, -0.2) is 4.79 Å². The quantitative estimate of drug-likeness (QED) is 0.549. The van der Waals surface area contributed by atoms with E-state index in [0.717, 1.165) is 41.3 Å². The van der Waals surface area contributed by atoms with E-state index in [1.54, 1.807) is 7.11 Å². The molecule has 0 saturated carbocycles. The molecule has 128 valence electrons. The van der Waals surface area contributed by atoms with E-state index in [4.69, 9.17) is 14.2 Å². The lowest BCUT2D eigenvalue weighted by molar-refractivity contribution is 0.0532. The summed E-state index contributed by atoms with van der Waals surface area (Å²) in [6, 6.07) is 1.05. The first-order valence-electron chi connectivity index (χ1n) is 8.32. The number of benzene rings is 1. The highest BCUT2D eigenvalue weighted by atomic mass is 28.3. The van der Waals surface area contributed by atoms with Crippen molar-refractivity contribution in [2.24, 2.45) is 0 Å². The minimum atomic E-state index is -1.19. The van der Waals surface area contributed by atoms with Gasteiger partial charge in [-0.1, -0.05) is 33.0 Å². The minimum absolute atomic E-state index is 0.272. The predicted octanol–water partition coefficient (Wildman–Crippen LogP) is 4.34. The summed E-state index contributed by atoms with van der Waals surface area (Å²) >= 11 is 0. The molecule has 0 radical (unpaired) electrons. The summed E-state index contributed by atoms with van der Waals surface area (Å²) in [5.74, 6) is 1.25. The Morgan fingerprint density at radius 2 is 1.91 bits per heavy atom. The molecular formula is C18H28O4Si. The highest BCUT2D eigenvalue weighted by molar-refractivity contribution is 6.76. The van der Waals surface area contributed by atoms with Crippen molar-refractivity contribution >= 4 is 14.0 Å². The molecule has 1 heterocycles. The molecule has 23 heavy (non-hydrogen) atoms. The summed E-state index contributed by atoms with van der Waals surface area (Å²) in [5, 5.41) is 0. The van der Waals surface area contributed by atoms with Crippen LogP contribution in [0.1, 0.15) is 40.4 Å². The maximum atomic E-state index is 12.2. The number of fused-ring (bicyclic) bond motifs is 1. The minimum Gasteiger partial charge on any atom is -0.496 e. The van der Waals surface area contributed by atoms with Crippen molar-refractivity contribution in [1.82, 2.24) is 0 Å². The van der Waals surface area contributed by atoms with Gasteiger partial charge in [-0.15, -0.1) is 0 Å². The monoisotopic (exact) mass is 336 g/mol. The Bertz CT molecular complexity index is 602. The molecule has 0 aliphatic carbocycles. The molecule has 2 rings (SSSR count). The number of rotatable bonds is 7. The average Bonchev–Trinajstić information content (AvgIpc) is 2.84. The summed E-state index contributed by atoms with van der Waals surface area (Å²) in [5.41, 5.74) is 3.52. The van der Waals surface area contributed by atoms with Gasteiger partial charge in [0.15, 0.2) is 0 Å². The first kappa shape index (κ1) is 17.9. The van der Waals surface area contributed by atoms with Crippen LogP contribution in [0.3, 0.4) is 0 Å². The molecule has 1 aliphatic rings. The van der Waals surface area contributed by atoms with Gasteiger partial charge in [0.2, 0.25) is 0 Å². The van der Waals surface area contributed by atoms with Crippen molar-refractivity contribution < 1.29 is 19.0 Å². The molecule has 0 bridgehead atoms. The Hall–Kier alpha value is -1.49. The van der Waals surface area contributed by atoms with E-state index in [0.29, 0.717) is 24.5 Å². The predicted molar refractivity (Wildman–Crippen MR) is 94.5 cm³/mol. The third-order valence-corrected chi connectivity index (χ3v) is 5.93. The Morgan fingerprint density at radius 3 is 2.48 bits per heavy atom. The van der Waals surface area contributed by atoms with Gasteiger partial charge < -0.3 is 14.2 Å². The number of ether oxygens (including phenoxy) is 3. The van der Waals surface area contributed by atoms with Gasteiger partial charge in [-0.05, 0) is 25.0 Å². The molecule has 0 aromatic heterocycles. The second-order valence-corrected chi connectivity index (χ2v) is 12.9. The van der Waals surface area contributed by atoms with E-state index >= 15 is 0 Å². The van der Waals surface area contributed by atoms with Gasteiger partial charge in [0.25, 0.3) is 0 Å². The Labute approximate surface area is 140 Å². The lowest BCUT2D eigenvalue weighted by atomic mass is 9.95. The van der Waals surface area contributed by atoms with E-state index in [-0.39, 0.29) is 5.97 Å². The fraction of sp³-hybridized carbons (Fsp3) is 0.611. The van der Waals surface area contributed by atoms with Crippen LogP contribution in [0.25, 0.3) is 0 Å². The average molecular weight is 337 g/mol. The first-order valence-corrected chi connectivity index (χ1v) is 12.0. The Morgan fingerprint density at radius 1 is 1.22 bits per heavy atom.